The van der Waals surface area contributed by atoms with Crippen LogP contribution >= 0.6 is 0 Å². The van der Waals surface area contributed by atoms with E-state index in [1.165, 1.54) is 11.8 Å². The molecule has 4 rings (SSSR count). The van der Waals surface area contributed by atoms with E-state index in [9.17, 15) is 14.4 Å². The van der Waals surface area contributed by atoms with Crippen LogP contribution in [0.2, 0.25) is 0 Å². The largest absolute Gasteiger partial charge is 0.332 e. The normalized spacial score (nSPS) is 17.3. The van der Waals surface area contributed by atoms with Gasteiger partial charge in [0, 0.05) is 30.8 Å². The first-order valence-corrected chi connectivity index (χ1v) is 12.5. The number of aryl methyl sites for hydroxylation is 1. The van der Waals surface area contributed by atoms with Crippen molar-refractivity contribution in [2.45, 2.75) is 32.4 Å². The number of nitrogens with zero attached hydrogens (tertiary/aromatic N) is 3. The van der Waals surface area contributed by atoms with Crippen LogP contribution in [-0.2, 0) is 16.1 Å². The zero-order valence-corrected chi connectivity index (χ0v) is 22.1. The zero-order valence-electron chi connectivity index (χ0n) is 22.1. The summed E-state index contributed by atoms with van der Waals surface area (Å²) in [5.74, 6) is 2.47. The molecule has 0 N–H and O–H groups in total. The maximum atomic E-state index is 15.2. The fourth-order valence-corrected chi connectivity index (χ4v) is 4.48. The van der Waals surface area contributed by atoms with Crippen molar-refractivity contribution >= 4 is 23.9 Å². The Balaban J connectivity index is 1.56. The van der Waals surface area contributed by atoms with Gasteiger partial charge in [0.1, 0.15) is 17.5 Å². The Morgan fingerprint density at radius 2 is 1.59 bits per heavy atom. The fraction of sp³-hybridized carbons (Fsp3) is 0.258. The van der Waals surface area contributed by atoms with Crippen LogP contribution < -0.4 is 4.90 Å². The Labute approximate surface area is 226 Å². The van der Waals surface area contributed by atoms with E-state index in [1.807, 2.05) is 49.2 Å². The lowest BCUT2D eigenvalue weighted by Gasteiger charge is -2.44. The molecule has 1 heterocycles. The molecule has 0 spiro atoms. The minimum atomic E-state index is -1.44. The molecular weight excluding hydrogens is 500 g/mol. The van der Waals surface area contributed by atoms with Crippen LogP contribution in [0.25, 0.3) is 0 Å². The van der Waals surface area contributed by atoms with Crippen molar-refractivity contribution in [3.63, 3.8) is 0 Å². The molecule has 39 heavy (non-hydrogen) atoms. The average molecular weight is 530 g/mol. The molecule has 0 saturated carbocycles. The lowest BCUT2D eigenvalue weighted by Crippen LogP contribution is -2.65. The smallest absolute Gasteiger partial charge is 0.310 e. The molecule has 1 fully saturated rings. The summed E-state index contributed by atoms with van der Waals surface area (Å²) in [5.41, 5.74) is 0.719. The van der Waals surface area contributed by atoms with Gasteiger partial charge >= 0.3 is 6.03 Å². The second kappa shape index (κ2) is 11.6. The van der Waals surface area contributed by atoms with Gasteiger partial charge < -0.3 is 14.6 Å². The van der Waals surface area contributed by atoms with Crippen molar-refractivity contribution < 1.29 is 23.2 Å². The summed E-state index contributed by atoms with van der Waals surface area (Å²) >= 11 is 0. The quantitative estimate of drug-likeness (QED) is 0.322. The second-order valence-electron chi connectivity index (χ2n) is 9.94. The SMILES string of the molecule is Cc1ccc(CN(C)CCN2C(=O)N(c3c(F)cc(C#Cc4ccccc4)cc3F)C(=O)CC2(C)C=O)cc1. The molecule has 200 valence electrons. The van der Waals surface area contributed by atoms with Crippen molar-refractivity contribution in [2.24, 2.45) is 0 Å². The monoisotopic (exact) mass is 529 g/mol. The Kier molecular flexibility index (Phi) is 8.22. The Morgan fingerprint density at radius 1 is 0.974 bits per heavy atom. The van der Waals surface area contributed by atoms with Gasteiger partial charge in [-0.15, -0.1) is 0 Å². The van der Waals surface area contributed by atoms with Gasteiger partial charge in [-0.25, -0.2) is 18.5 Å². The molecule has 1 unspecified atom stereocenters. The number of benzene rings is 3. The van der Waals surface area contributed by atoms with E-state index in [2.05, 4.69) is 11.8 Å². The highest BCUT2D eigenvalue weighted by molar-refractivity contribution is 6.18. The van der Waals surface area contributed by atoms with Crippen molar-refractivity contribution in [3.05, 3.63) is 101 Å². The molecule has 0 aliphatic carbocycles. The summed E-state index contributed by atoms with van der Waals surface area (Å²) in [6.07, 6.45) is 0.132. The third-order valence-electron chi connectivity index (χ3n) is 6.70. The van der Waals surface area contributed by atoms with Crippen molar-refractivity contribution in [1.29, 1.82) is 0 Å². The zero-order chi connectivity index (χ0) is 28.2. The summed E-state index contributed by atoms with van der Waals surface area (Å²) in [7, 11) is 1.87. The van der Waals surface area contributed by atoms with E-state index in [4.69, 9.17) is 0 Å². The van der Waals surface area contributed by atoms with Crippen LogP contribution in [0.15, 0.2) is 66.7 Å². The minimum Gasteiger partial charge on any atom is -0.310 e. The van der Waals surface area contributed by atoms with Crippen LogP contribution in [0.5, 0.6) is 0 Å². The third kappa shape index (κ3) is 6.21. The minimum absolute atomic E-state index is 0.0572. The molecule has 0 aromatic heterocycles. The summed E-state index contributed by atoms with van der Waals surface area (Å²) in [6.45, 7) is 4.51. The van der Waals surface area contributed by atoms with Crippen LogP contribution in [0.4, 0.5) is 19.3 Å². The fourth-order valence-electron chi connectivity index (χ4n) is 4.48. The summed E-state index contributed by atoms with van der Waals surface area (Å²) in [4.78, 5) is 42.2. The van der Waals surface area contributed by atoms with Crippen molar-refractivity contribution in [1.82, 2.24) is 9.80 Å². The standard InChI is InChI=1S/C31H29F2N3O3/c1-22-9-11-24(12-10-22)20-34(3)15-16-35-30(39)36(28(38)19-31(35,2)21-37)29-26(32)17-25(18-27(29)33)14-13-23-7-5-4-6-8-23/h4-12,17-18,21H,15-16,19-20H2,1-3H3. The predicted octanol–water partition coefficient (Wildman–Crippen LogP) is 4.92. The van der Waals surface area contributed by atoms with Crippen molar-refractivity contribution in [2.75, 3.05) is 25.0 Å². The molecule has 3 aromatic carbocycles. The first-order chi connectivity index (χ1) is 18.6. The number of aldehydes is 1. The van der Waals surface area contributed by atoms with E-state index < -0.39 is 41.2 Å². The molecule has 0 radical (unpaired) electrons. The van der Waals surface area contributed by atoms with E-state index >= 15 is 8.78 Å². The molecular formula is C31H29F2N3O3. The van der Waals surface area contributed by atoms with Crippen LogP contribution in [-0.4, -0.2) is 53.7 Å². The first kappa shape index (κ1) is 27.7. The van der Waals surface area contributed by atoms with Crippen LogP contribution in [0, 0.1) is 30.4 Å². The second-order valence-corrected chi connectivity index (χ2v) is 9.94. The highest BCUT2D eigenvalue weighted by Gasteiger charge is 2.48. The van der Waals surface area contributed by atoms with Crippen molar-refractivity contribution in [3.8, 4) is 11.8 Å². The predicted molar refractivity (Wildman–Crippen MR) is 145 cm³/mol. The van der Waals surface area contributed by atoms with Gasteiger partial charge in [0.05, 0.1) is 6.42 Å². The summed E-state index contributed by atoms with van der Waals surface area (Å²) in [5, 5.41) is 0. The first-order valence-electron chi connectivity index (χ1n) is 12.5. The molecule has 1 aliphatic rings. The molecule has 3 aromatic rings. The molecule has 8 heteroatoms. The van der Waals surface area contributed by atoms with Gasteiger partial charge in [0.15, 0.2) is 11.6 Å². The van der Waals surface area contributed by atoms with Gasteiger partial charge in [-0.3, -0.25) is 4.79 Å². The van der Waals surface area contributed by atoms with Gasteiger partial charge in [-0.1, -0.05) is 59.9 Å². The number of anilines is 1. The maximum Gasteiger partial charge on any atom is 0.332 e. The summed E-state index contributed by atoms with van der Waals surface area (Å²) < 4.78 is 30.4. The number of carbonyl (C=O) groups excluding carboxylic acids is 3. The molecule has 0 bridgehead atoms. The average Bonchev–Trinajstić information content (AvgIpc) is 2.90. The summed E-state index contributed by atoms with van der Waals surface area (Å²) in [6, 6.07) is 18.0. The lowest BCUT2D eigenvalue weighted by molar-refractivity contribution is -0.128. The van der Waals surface area contributed by atoms with Gasteiger partial charge in [-0.05, 0) is 50.7 Å². The van der Waals surface area contributed by atoms with E-state index in [-0.39, 0.29) is 12.1 Å². The number of hydrogen-bond donors (Lipinski definition) is 0. The molecule has 3 amide bonds. The maximum absolute atomic E-state index is 15.2. The lowest BCUT2D eigenvalue weighted by atomic mass is 9.93. The number of amides is 3. The topological polar surface area (TPSA) is 60.9 Å². The Bertz CT molecular complexity index is 1420. The molecule has 1 aliphatic heterocycles. The van der Waals surface area contributed by atoms with Gasteiger partial charge in [0.25, 0.3) is 0 Å². The number of imide groups is 1. The Morgan fingerprint density at radius 3 is 2.21 bits per heavy atom. The third-order valence-corrected chi connectivity index (χ3v) is 6.70. The molecule has 1 atom stereocenters. The van der Waals surface area contributed by atoms with Crippen LogP contribution in [0.3, 0.4) is 0 Å². The van der Waals surface area contributed by atoms with E-state index in [0.29, 0.717) is 29.8 Å². The number of hydrogen-bond acceptors (Lipinski definition) is 4. The number of halogens is 2. The highest BCUT2D eigenvalue weighted by Crippen LogP contribution is 2.33. The molecule has 6 nitrogen and oxygen atoms in total. The Hall–Kier alpha value is -4.35. The van der Waals surface area contributed by atoms with E-state index in [1.54, 1.807) is 24.3 Å². The number of rotatable bonds is 7. The van der Waals surface area contributed by atoms with Gasteiger partial charge in [0.2, 0.25) is 5.91 Å². The number of urea groups is 1. The van der Waals surface area contributed by atoms with Gasteiger partial charge in [-0.2, -0.15) is 0 Å². The number of likely N-dealkylation sites (N-methyl/N-ethyl adjacent to an activating group) is 1. The number of carbonyl (C=O) groups is 3. The molecule has 1 saturated heterocycles. The van der Waals surface area contributed by atoms with Crippen LogP contribution in [0.1, 0.15) is 35.6 Å². The highest BCUT2D eigenvalue weighted by atomic mass is 19.1. The van der Waals surface area contributed by atoms with E-state index in [0.717, 1.165) is 23.3 Å².